The van der Waals surface area contributed by atoms with Gasteiger partial charge in [-0.2, -0.15) is 13.2 Å². The summed E-state index contributed by atoms with van der Waals surface area (Å²) < 4.78 is 44.3. The molecule has 1 aliphatic heterocycles. The molecule has 0 spiro atoms. The number of carbonyl (C=O) groups excluding carboxylic acids is 1. The van der Waals surface area contributed by atoms with E-state index in [9.17, 15) is 18.0 Å². The summed E-state index contributed by atoms with van der Waals surface area (Å²) in [5, 5.41) is 1.97. The molecule has 1 aromatic carbocycles. The zero-order valence-corrected chi connectivity index (χ0v) is 16.2. The summed E-state index contributed by atoms with van der Waals surface area (Å²) in [5.41, 5.74) is 8.28. The van der Waals surface area contributed by atoms with E-state index in [0.717, 1.165) is 36.5 Å². The van der Waals surface area contributed by atoms with Gasteiger partial charge in [-0.15, -0.1) is 0 Å². The number of fused-ring (bicyclic) bond motifs is 1. The minimum atomic E-state index is -4.46. The van der Waals surface area contributed by atoms with E-state index >= 15 is 0 Å². The topological polar surface area (TPSA) is 84.4 Å². The SMILES string of the molecule is CC1CCC([C@H](N)c2nc3cc(CN4C[C@@H](C(F)(F)F)NC4=O)ccc3o2)CC1. The molecule has 158 valence electrons. The van der Waals surface area contributed by atoms with E-state index in [1.807, 2.05) is 5.32 Å². The quantitative estimate of drug-likeness (QED) is 0.795. The fourth-order valence-electron chi connectivity index (χ4n) is 4.21. The Hall–Kier alpha value is -2.29. The molecule has 1 aromatic heterocycles. The lowest BCUT2D eigenvalue weighted by Gasteiger charge is -2.28. The number of rotatable bonds is 4. The molecule has 4 rings (SSSR count). The molecule has 0 bridgehead atoms. The van der Waals surface area contributed by atoms with Crippen LogP contribution in [0.1, 0.15) is 50.1 Å². The number of urea groups is 1. The van der Waals surface area contributed by atoms with Crippen molar-refractivity contribution in [2.45, 2.75) is 57.4 Å². The maximum absolute atomic E-state index is 12.8. The number of carbonyl (C=O) groups is 1. The molecule has 3 N–H and O–H groups in total. The standard InChI is InChI=1S/C20H25F3N4O2/c1-11-2-5-13(6-3-11)17(24)18-25-14-8-12(4-7-15(14)29-18)9-27-10-16(20(21,22)23)26-19(27)28/h4,7-8,11,13,16-17H,2-3,5-6,9-10,24H2,1H3,(H,26,28)/t11?,13?,16-,17-/m0/s1. The zero-order chi connectivity index (χ0) is 20.8. The van der Waals surface area contributed by atoms with E-state index < -0.39 is 24.8 Å². The zero-order valence-electron chi connectivity index (χ0n) is 16.2. The molecule has 0 radical (unpaired) electrons. The van der Waals surface area contributed by atoms with Gasteiger partial charge in [0.05, 0.1) is 12.6 Å². The van der Waals surface area contributed by atoms with Gasteiger partial charge in [-0.05, 0) is 42.4 Å². The molecule has 1 saturated heterocycles. The van der Waals surface area contributed by atoms with Crippen LogP contribution in [0.5, 0.6) is 0 Å². The Morgan fingerprint density at radius 1 is 1.31 bits per heavy atom. The average Bonchev–Trinajstić information content (AvgIpc) is 3.25. The molecule has 6 nitrogen and oxygen atoms in total. The first-order valence-corrected chi connectivity index (χ1v) is 9.98. The molecular weight excluding hydrogens is 385 g/mol. The number of benzene rings is 1. The second-order valence-corrected chi connectivity index (χ2v) is 8.32. The van der Waals surface area contributed by atoms with E-state index in [2.05, 4.69) is 11.9 Å². The highest BCUT2D eigenvalue weighted by Crippen LogP contribution is 2.36. The highest BCUT2D eigenvalue weighted by atomic mass is 19.4. The third kappa shape index (κ3) is 4.19. The molecule has 1 aliphatic carbocycles. The molecule has 9 heteroatoms. The van der Waals surface area contributed by atoms with Crippen LogP contribution in [0.15, 0.2) is 22.6 Å². The van der Waals surface area contributed by atoms with Crippen LogP contribution in [0.4, 0.5) is 18.0 Å². The van der Waals surface area contributed by atoms with Gasteiger partial charge < -0.3 is 20.4 Å². The maximum atomic E-state index is 12.8. The fourth-order valence-corrected chi connectivity index (χ4v) is 4.21. The Morgan fingerprint density at radius 2 is 2.03 bits per heavy atom. The molecule has 2 amide bonds. The van der Waals surface area contributed by atoms with Crippen LogP contribution >= 0.6 is 0 Å². The lowest BCUT2D eigenvalue weighted by Crippen LogP contribution is -2.40. The number of oxazole rings is 1. The van der Waals surface area contributed by atoms with E-state index in [4.69, 9.17) is 10.2 Å². The van der Waals surface area contributed by atoms with Crippen molar-refractivity contribution in [1.29, 1.82) is 0 Å². The number of hydrogen-bond donors (Lipinski definition) is 2. The molecule has 0 unspecified atom stereocenters. The van der Waals surface area contributed by atoms with E-state index in [1.54, 1.807) is 18.2 Å². The maximum Gasteiger partial charge on any atom is 0.410 e. The number of alkyl halides is 3. The van der Waals surface area contributed by atoms with Crippen LogP contribution in [0.3, 0.4) is 0 Å². The number of nitrogens with two attached hydrogens (primary N) is 1. The minimum Gasteiger partial charge on any atom is -0.439 e. The Balaban J connectivity index is 1.47. The van der Waals surface area contributed by atoms with Gasteiger partial charge in [-0.25, -0.2) is 9.78 Å². The van der Waals surface area contributed by atoms with Crippen LogP contribution in [0, 0.1) is 11.8 Å². The molecule has 2 fully saturated rings. The van der Waals surface area contributed by atoms with Gasteiger partial charge in [0.2, 0.25) is 5.89 Å². The first kappa shape index (κ1) is 20.0. The van der Waals surface area contributed by atoms with Gasteiger partial charge in [0.15, 0.2) is 5.58 Å². The molecule has 2 atom stereocenters. The third-order valence-corrected chi connectivity index (χ3v) is 6.08. The molecule has 1 saturated carbocycles. The molecule has 2 aromatic rings. The van der Waals surface area contributed by atoms with Crippen molar-refractivity contribution in [2.75, 3.05) is 6.54 Å². The largest absolute Gasteiger partial charge is 0.439 e. The molecule has 29 heavy (non-hydrogen) atoms. The van der Waals surface area contributed by atoms with E-state index in [-0.39, 0.29) is 12.6 Å². The van der Waals surface area contributed by atoms with Crippen LogP contribution in [0.25, 0.3) is 11.1 Å². The van der Waals surface area contributed by atoms with Crippen LogP contribution in [-0.4, -0.2) is 34.7 Å². The molecular formula is C20H25F3N4O2. The van der Waals surface area contributed by atoms with Crippen LogP contribution < -0.4 is 11.1 Å². The summed E-state index contributed by atoms with van der Waals surface area (Å²) in [7, 11) is 0. The summed E-state index contributed by atoms with van der Waals surface area (Å²) >= 11 is 0. The predicted molar refractivity (Wildman–Crippen MR) is 101 cm³/mol. The first-order valence-electron chi connectivity index (χ1n) is 9.98. The van der Waals surface area contributed by atoms with Crippen LogP contribution in [0.2, 0.25) is 0 Å². The third-order valence-electron chi connectivity index (χ3n) is 6.08. The van der Waals surface area contributed by atoms with Crippen molar-refractivity contribution in [1.82, 2.24) is 15.2 Å². The molecule has 2 heterocycles. The van der Waals surface area contributed by atoms with Gasteiger partial charge in [-0.3, -0.25) is 0 Å². The van der Waals surface area contributed by atoms with Gasteiger partial charge in [-0.1, -0.05) is 25.8 Å². The normalized spacial score (nSPS) is 26.7. The summed E-state index contributed by atoms with van der Waals surface area (Å²) in [6.07, 6.45) is -0.0466. The molecule has 2 aliphatic rings. The van der Waals surface area contributed by atoms with Crippen molar-refractivity contribution in [3.8, 4) is 0 Å². The predicted octanol–water partition coefficient (Wildman–Crippen LogP) is 4.11. The Kier molecular flexibility index (Phi) is 5.18. The number of halogens is 3. The summed E-state index contributed by atoms with van der Waals surface area (Å²) in [6.45, 7) is 1.92. The Bertz CT molecular complexity index is 889. The van der Waals surface area contributed by atoms with Crippen LogP contribution in [-0.2, 0) is 6.54 Å². The van der Waals surface area contributed by atoms with E-state index in [0.29, 0.717) is 28.5 Å². The van der Waals surface area contributed by atoms with Crippen molar-refractivity contribution < 1.29 is 22.4 Å². The number of aromatic nitrogens is 1. The summed E-state index contributed by atoms with van der Waals surface area (Å²) in [6, 6.07) is 2.38. The second kappa shape index (κ2) is 7.51. The summed E-state index contributed by atoms with van der Waals surface area (Å²) in [4.78, 5) is 17.5. The Labute approximate surface area is 166 Å². The highest BCUT2D eigenvalue weighted by Gasteiger charge is 2.46. The van der Waals surface area contributed by atoms with Gasteiger partial charge in [0.1, 0.15) is 11.6 Å². The minimum absolute atomic E-state index is 0.0725. The lowest BCUT2D eigenvalue weighted by molar-refractivity contribution is -0.149. The fraction of sp³-hybridized carbons (Fsp3) is 0.600. The van der Waals surface area contributed by atoms with Gasteiger partial charge in [0, 0.05) is 6.54 Å². The first-order chi connectivity index (χ1) is 13.7. The average molecular weight is 410 g/mol. The van der Waals surface area contributed by atoms with Gasteiger partial charge in [0.25, 0.3) is 0 Å². The van der Waals surface area contributed by atoms with Crippen molar-refractivity contribution in [3.05, 3.63) is 29.7 Å². The monoisotopic (exact) mass is 410 g/mol. The van der Waals surface area contributed by atoms with Crippen molar-refractivity contribution in [3.63, 3.8) is 0 Å². The second-order valence-electron chi connectivity index (χ2n) is 8.32. The van der Waals surface area contributed by atoms with Crippen molar-refractivity contribution >= 4 is 17.1 Å². The smallest absolute Gasteiger partial charge is 0.410 e. The number of amides is 2. The number of nitrogens with one attached hydrogen (secondary N) is 1. The number of hydrogen-bond acceptors (Lipinski definition) is 4. The van der Waals surface area contributed by atoms with E-state index in [1.165, 1.54) is 0 Å². The Morgan fingerprint density at radius 3 is 2.69 bits per heavy atom. The lowest BCUT2D eigenvalue weighted by atomic mass is 9.79. The van der Waals surface area contributed by atoms with Gasteiger partial charge >= 0.3 is 12.2 Å². The summed E-state index contributed by atoms with van der Waals surface area (Å²) in [5.74, 6) is 1.56. The number of nitrogens with zero attached hydrogens (tertiary/aromatic N) is 2. The highest BCUT2D eigenvalue weighted by molar-refractivity contribution is 5.78. The van der Waals surface area contributed by atoms with Crippen molar-refractivity contribution in [2.24, 2.45) is 17.6 Å².